The second-order valence-corrected chi connectivity index (χ2v) is 6.36. The molecule has 0 aliphatic heterocycles. The molecule has 0 atom stereocenters. The summed E-state index contributed by atoms with van der Waals surface area (Å²) in [6.07, 6.45) is 3.74. The highest BCUT2D eigenvalue weighted by Gasteiger charge is 2.02. The topological polar surface area (TPSA) is 26.3 Å². The van der Waals surface area contributed by atoms with E-state index in [1.54, 1.807) is 0 Å². The van der Waals surface area contributed by atoms with E-state index < -0.39 is 0 Å². The fourth-order valence-electron chi connectivity index (χ4n) is 1.92. The van der Waals surface area contributed by atoms with Crippen molar-refractivity contribution in [3.8, 4) is 0 Å². The number of esters is 1. The van der Waals surface area contributed by atoms with Crippen molar-refractivity contribution in [3.63, 3.8) is 0 Å². The van der Waals surface area contributed by atoms with Crippen LogP contribution in [0, 0.1) is 0 Å². The summed E-state index contributed by atoms with van der Waals surface area (Å²) in [5.41, 5.74) is 1.39. The Morgan fingerprint density at radius 2 is 1.85 bits per heavy atom. The summed E-state index contributed by atoms with van der Waals surface area (Å²) in [6.45, 7) is 6.76. The SMILES string of the molecule is CCOC(=O)CCCCCSc1ccc(C(C)C)cc1. The number of hydrogen-bond acceptors (Lipinski definition) is 3. The molecule has 0 heterocycles. The predicted octanol–water partition coefficient (Wildman–Crippen LogP) is 5.03. The van der Waals surface area contributed by atoms with E-state index in [1.807, 2.05) is 18.7 Å². The van der Waals surface area contributed by atoms with Gasteiger partial charge in [-0.2, -0.15) is 0 Å². The number of unbranched alkanes of at least 4 members (excludes halogenated alkanes) is 2. The number of rotatable bonds is 9. The molecule has 112 valence electrons. The van der Waals surface area contributed by atoms with Gasteiger partial charge < -0.3 is 4.74 Å². The first-order valence-corrected chi connectivity index (χ1v) is 8.50. The smallest absolute Gasteiger partial charge is 0.305 e. The van der Waals surface area contributed by atoms with Gasteiger partial charge in [-0.3, -0.25) is 4.79 Å². The zero-order valence-corrected chi connectivity index (χ0v) is 13.7. The number of hydrogen-bond donors (Lipinski definition) is 0. The molecule has 0 bridgehead atoms. The molecule has 0 saturated heterocycles. The van der Waals surface area contributed by atoms with Crippen LogP contribution in [0.3, 0.4) is 0 Å². The van der Waals surface area contributed by atoms with E-state index in [1.165, 1.54) is 10.5 Å². The zero-order chi connectivity index (χ0) is 14.8. The fraction of sp³-hybridized carbons (Fsp3) is 0.588. The Labute approximate surface area is 127 Å². The molecule has 3 heteroatoms. The lowest BCUT2D eigenvalue weighted by atomic mass is 10.0. The summed E-state index contributed by atoms with van der Waals surface area (Å²) < 4.78 is 4.90. The molecule has 0 fully saturated rings. The maximum Gasteiger partial charge on any atom is 0.305 e. The summed E-state index contributed by atoms with van der Waals surface area (Å²) in [7, 11) is 0. The standard InChI is InChI=1S/C17H26O2S/c1-4-19-17(18)8-6-5-7-13-20-16-11-9-15(10-12-16)14(2)3/h9-12,14H,4-8,13H2,1-3H3. The molecule has 2 nitrogen and oxygen atoms in total. The van der Waals surface area contributed by atoms with Crippen LogP contribution in [-0.4, -0.2) is 18.3 Å². The van der Waals surface area contributed by atoms with Crippen LogP contribution in [0.5, 0.6) is 0 Å². The first-order valence-electron chi connectivity index (χ1n) is 7.52. The lowest BCUT2D eigenvalue weighted by Crippen LogP contribution is -2.03. The molecule has 20 heavy (non-hydrogen) atoms. The average molecular weight is 294 g/mol. The van der Waals surface area contributed by atoms with Crippen molar-refractivity contribution >= 4 is 17.7 Å². The fourth-order valence-corrected chi connectivity index (χ4v) is 2.83. The highest BCUT2D eigenvalue weighted by Crippen LogP contribution is 2.22. The highest BCUT2D eigenvalue weighted by molar-refractivity contribution is 7.99. The molecule has 1 rings (SSSR count). The molecule has 1 aromatic carbocycles. The summed E-state index contributed by atoms with van der Waals surface area (Å²) in [5.74, 6) is 1.64. The largest absolute Gasteiger partial charge is 0.466 e. The second kappa shape index (κ2) is 9.87. The summed E-state index contributed by atoms with van der Waals surface area (Å²) >= 11 is 1.89. The van der Waals surface area contributed by atoms with E-state index in [-0.39, 0.29) is 5.97 Å². The van der Waals surface area contributed by atoms with Crippen LogP contribution >= 0.6 is 11.8 Å². The highest BCUT2D eigenvalue weighted by atomic mass is 32.2. The first kappa shape index (κ1) is 17.1. The molecule has 0 aromatic heterocycles. The summed E-state index contributed by atoms with van der Waals surface area (Å²) in [6, 6.07) is 8.85. The van der Waals surface area contributed by atoms with E-state index in [2.05, 4.69) is 38.1 Å². The van der Waals surface area contributed by atoms with E-state index >= 15 is 0 Å². The molecular weight excluding hydrogens is 268 g/mol. The summed E-state index contributed by atoms with van der Waals surface area (Å²) in [5, 5.41) is 0. The van der Waals surface area contributed by atoms with Crippen molar-refractivity contribution in [1.29, 1.82) is 0 Å². The van der Waals surface area contributed by atoms with Gasteiger partial charge in [-0.1, -0.05) is 32.4 Å². The van der Waals surface area contributed by atoms with Gasteiger partial charge in [0.25, 0.3) is 0 Å². The Morgan fingerprint density at radius 3 is 2.45 bits per heavy atom. The Balaban J connectivity index is 2.10. The van der Waals surface area contributed by atoms with E-state index in [9.17, 15) is 4.79 Å². The maximum atomic E-state index is 11.2. The Bertz CT molecular complexity index is 384. The molecule has 0 saturated carbocycles. The van der Waals surface area contributed by atoms with Crippen LogP contribution in [0.2, 0.25) is 0 Å². The van der Waals surface area contributed by atoms with Crippen LogP contribution in [0.1, 0.15) is 57.9 Å². The van der Waals surface area contributed by atoms with E-state index in [0.717, 1.165) is 25.0 Å². The summed E-state index contributed by atoms with van der Waals surface area (Å²) in [4.78, 5) is 12.5. The molecule has 0 aliphatic rings. The molecule has 0 amide bonds. The van der Waals surface area contributed by atoms with Gasteiger partial charge in [0.05, 0.1) is 6.61 Å². The lowest BCUT2D eigenvalue weighted by molar-refractivity contribution is -0.143. The molecule has 0 unspecified atom stereocenters. The van der Waals surface area contributed by atoms with Gasteiger partial charge in [-0.05, 0) is 49.1 Å². The van der Waals surface area contributed by atoms with Gasteiger partial charge in [0.2, 0.25) is 0 Å². The number of thioether (sulfide) groups is 1. The van der Waals surface area contributed by atoms with Gasteiger partial charge in [0.15, 0.2) is 0 Å². The van der Waals surface area contributed by atoms with Crippen molar-refractivity contribution < 1.29 is 9.53 Å². The molecule has 0 N–H and O–H groups in total. The molecule has 1 aromatic rings. The Kier molecular flexibility index (Phi) is 8.43. The molecule has 0 spiro atoms. The van der Waals surface area contributed by atoms with Gasteiger partial charge in [-0.15, -0.1) is 11.8 Å². The van der Waals surface area contributed by atoms with Crippen molar-refractivity contribution in [2.75, 3.05) is 12.4 Å². The second-order valence-electron chi connectivity index (χ2n) is 5.19. The third kappa shape index (κ3) is 6.99. The van der Waals surface area contributed by atoms with Crippen LogP contribution in [0.4, 0.5) is 0 Å². The minimum Gasteiger partial charge on any atom is -0.466 e. The van der Waals surface area contributed by atoms with Crippen LogP contribution in [0.25, 0.3) is 0 Å². The number of carbonyl (C=O) groups is 1. The predicted molar refractivity (Wildman–Crippen MR) is 86.4 cm³/mol. The van der Waals surface area contributed by atoms with Crippen molar-refractivity contribution in [3.05, 3.63) is 29.8 Å². The average Bonchev–Trinajstić information content (AvgIpc) is 2.43. The van der Waals surface area contributed by atoms with E-state index in [4.69, 9.17) is 4.74 Å². The van der Waals surface area contributed by atoms with Gasteiger partial charge >= 0.3 is 5.97 Å². The van der Waals surface area contributed by atoms with E-state index in [0.29, 0.717) is 18.9 Å². The maximum absolute atomic E-state index is 11.2. The van der Waals surface area contributed by atoms with Gasteiger partial charge in [0.1, 0.15) is 0 Å². The Hall–Kier alpha value is -0.960. The third-order valence-electron chi connectivity index (χ3n) is 3.15. The van der Waals surface area contributed by atoms with Crippen molar-refractivity contribution in [2.24, 2.45) is 0 Å². The quantitative estimate of drug-likeness (QED) is 0.363. The van der Waals surface area contributed by atoms with Crippen molar-refractivity contribution in [2.45, 2.75) is 57.3 Å². The number of benzene rings is 1. The number of ether oxygens (including phenoxy) is 1. The van der Waals surface area contributed by atoms with Gasteiger partial charge in [-0.25, -0.2) is 0 Å². The first-order chi connectivity index (χ1) is 9.63. The molecule has 0 radical (unpaired) electrons. The minimum absolute atomic E-state index is 0.0653. The van der Waals surface area contributed by atoms with Crippen LogP contribution < -0.4 is 0 Å². The Morgan fingerprint density at radius 1 is 1.15 bits per heavy atom. The molecule has 0 aliphatic carbocycles. The lowest BCUT2D eigenvalue weighted by Gasteiger charge is -2.06. The monoisotopic (exact) mass is 294 g/mol. The van der Waals surface area contributed by atoms with Crippen LogP contribution in [-0.2, 0) is 9.53 Å². The zero-order valence-electron chi connectivity index (χ0n) is 12.9. The minimum atomic E-state index is -0.0653. The number of carbonyl (C=O) groups excluding carboxylic acids is 1. The van der Waals surface area contributed by atoms with Crippen molar-refractivity contribution in [1.82, 2.24) is 0 Å². The third-order valence-corrected chi connectivity index (χ3v) is 4.24. The van der Waals surface area contributed by atoms with Gasteiger partial charge in [0, 0.05) is 11.3 Å². The normalized spacial score (nSPS) is 10.8. The van der Waals surface area contributed by atoms with Crippen LogP contribution in [0.15, 0.2) is 29.2 Å². The molecular formula is C17H26O2S.